The highest BCUT2D eigenvalue weighted by Gasteiger charge is 2.11. The molecule has 0 aliphatic heterocycles. The van der Waals surface area contributed by atoms with Crippen molar-refractivity contribution in [2.75, 3.05) is 0 Å². The molecule has 0 saturated carbocycles. The lowest BCUT2D eigenvalue weighted by molar-refractivity contribution is 0.925. The second-order valence-corrected chi connectivity index (χ2v) is 5.07. The van der Waals surface area contributed by atoms with E-state index in [1.807, 2.05) is 67.1 Å². The van der Waals surface area contributed by atoms with Crippen LogP contribution in [0.1, 0.15) is 17.0 Å². The van der Waals surface area contributed by atoms with E-state index < -0.39 is 0 Å². The lowest BCUT2D eigenvalue weighted by Crippen LogP contribution is -1.96. The SMILES string of the molecule is Cc1cccc(/C=C(\C#N)c2nc3ccccc3n2C)c1. The summed E-state index contributed by atoms with van der Waals surface area (Å²) in [5, 5.41) is 9.49. The van der Waals surface area contributed by atoms with Gasteiger partial charge in [-0.1, -0.05) is 42.0 Å². The Bertz CT molecular complexity index is 879. The number of aromatic nitrogens is 2. The van der Waals surface area contributed by atoms with Gasteiger partial charge in [0.05, 0.1) is 16.6 Å². The molecule has 0 aliphatic rings. The van der Waals surface area contributed by atoms with Crippen molar-refractivity contribution < 1.29 is 0 Å². The minimum absolute atomic E-state index is 0.569. The zero-order chi connectivity index (χ0) is 14.8. The van der Waals surface area contributed by atoms with Crippen molar-refractivity contribution in [3.8, 4) is 6.07 Å². The number of hydrogen-bond acceptors (Lipinski definition) is 2. The number of rotatable bonds is 2. The van der Waals surface area contributed by atoms with E-state index in [0.717, 1.165) is 16.6 Å². The first-order chi connectivity index (χ1) is 10.2. The van der Waals surface area contributed by atoms with E-state index in [9.17, 15) is 5.26 Å². The van der Waals surface area contributed by atoms with Gasteiger partial charge in [-0.3, -0.25) is 0 Å². The first-order valence-electron chi connectivity index (χ1n) is 6.79. The second kappa shape index (κ2) is 5.26. The third-order valence-corrected chi connectivity index (χ3v) is 3.50. The third-order valence-electron chi connectivity index (χ3n) is 3.50. The van der Waals surface area contributed by atoms with Crippen molar-refractivity contribution in [1.29, 1.82) is 5.26 Å². The van der Waals surface area contributed by atoms with Crippen molar-refractivity contribution in [2.45, 2.75) is 6.92 Å². The monoisotopic (exact) mass is 273 g/mol. The number of aryl methyl sites for hydroxylation is 2. The fraction of sp³-hybridized carbons (Fsp3) is 0.111. The van der Waals surface area contributed by atoms with Crippen molar-refractivity contribution in [2.24, 2.45) is 7.05 Å². The summed E-state index contributed by atoms with van der Waals surface area (Å²) < 4.78 is 1.96. The highest BCUT2D eigenvalue weighted by molar-refractivity contribution is 5.90. The maximum atomic E-state index is 9.49. The van der Waals surface area contributed by atoms with Gasteiger partial charge in [0, 0.05) is 7.05 Å². The largest absolute Gasteiger partial charge is 0.327 e. The molecule has 0 fully saturated rings. The third kappa shape index (κ3) is 2.44. The van der Waals surface area contributed by atoms with Crippen LogP contribution in [-0.4, -0.2) is 9.55 Å². The normalized spacial score (nSPS) is 11.6. The lowest BCUT2D eigenvalue weighted by Gasteiger charge is -2.01. The van der Waals surface area contributed by atoms with Crippen LogP contribution < -0.4 is 0 Å². The predicted octanol–water partition coefficient (Wildman–Crippen LogP) is 3.95. The summed E-state index contributed by atoms with van der Waals surface area (Å²) in [6.45, 7) is 2.04. The van der Waals surface area contributed by atoms with Gasteiger partial charge in [0.1, 0.15) is 6.07 Å². The molecular formula is C18H15N3. The maximum absolute atomic E-state index is 9.49. The Morgan fingerprint density at radius 2 is 2.00 bits per heavy atom. The van der Waals surface area contributed by atoms with Crippen LogP contribution in [0.2, 0.25) is 0 Å². The minimum atomic E-state index is 0.569. The van der Waals surface area contributed by atoms with Gasteiger partial charge >= 0.3 is 0 Å². The molecule has 0 N–H and O–H groups in total. The van der Waals surface area contributed by atoms with Crippen LogP contribution in [0.4, 0.5) is 0 Å². The summed E-state index contributed by atoms with van der Waals surface area (Å²) in [6.07, 6.45) is 1.88. The van der Waals surface area contributed by atoms with Crippen LogP contribution in [0.15, 0.2) is 48.5 Å². The number of benzene rings is 2. The number of nitriles is 1. The summed E-state index contributed by atoms with van der Waals surface area (Å²) in [5.41, 5.74) is 4.68. The molecule has 1 heterocycles. The second-order valence-electron chi connectivity index (χ2n) is 5.07. The number of allylic oxidation sites excluding steroid dienone is 1. The zero-order valence-electron chi connectivity index (χ0n) is 12.0. The van der Waals surface area contributed by atoms with Gasteiger partial charge in [-0.15, -0.1) is 0 Å². The van der Waals surface area contributed by atoms with Crippen LogP contribution >= 0.6 is 0 Å². The molecule has 0 saturated heterocycles. The van der Waals surface area contributed by atoms with E-state index >= 15 is 0 Å². The average molecular weight is 273 g/mol. The van der Waals surface area contributed by atoms with Gasteiger partial charge in [-0.05, 0) is 30.7 Å². The number of para-hydroxylation sites is 2. The molecule has 2 aromatic carbocycles. The first-order valence-corrected chi connectivity index (χ1v) is 6.79. The number of nitrogens with zero attached hydrogens (tertiary/aromatic N) is 3. The van der Waals surface area contributed by atoms with Crippen molar-refractivity contribution in [3.63, 3.8) is 0 Å². The molecule has 0 atom stereocenters. The fourth-order valence-electron chi connectivity index (χ4n) is 2.46. The van der Waals surface area contributed by atoms with E-state index in [0.29, 0.717) is 11.4 Å². The molecule has 0 spiro atoms. The van der Waals surface area contributed by atoms with E-state index in [4.69, 9.17) is 0 Å². The Morgan fingerprint density at radius 3 is 2.71 bits per heavy atom. The predicted molar refractivity (Wildman–Crippen MR) is 85.4 cm³/mol. The molecule has 1 aromatic heterocycles. The van der Waals surface area contributed by atoms with Gasteiger partial charge in [0.25, 0.3) is 0 Å². The summed E-state index contributed by atoms with van der Waals surface area (Å²) in [7, 11) is 1.94. The fourth-order valence-corrected chi connectivity index (χ4v) is 2.46. The van der Waals surface area contributed by atoms with Gasteiger partial charge in [0.2, 0.25) is 0 Å². The van der Waals surface area contributed by atoms with Crippen molar-refractivity contribution in [3.05, 3.63) is 65.5 Å². The van der Waals surface area contributed by atoms with Crippen LogP contribution in [0.25, 0.3) is 22.7 Å². The Morgan fingerprint density at radius 1 is 1.19 bits per heavy atom. The highest BCUT2D eigenvalue weighted by Crippen LogP contribution is 2.22. The van der Waals surface area contributed by atoms with E-state index in [1.165, 1.54) is 5.56 Å². The standard InChI is InChI=1S/C18H15N3/c1-13-6-5-7-14(10-13)11-15(12-19)18-20-16-8-3-4-9-17(16)21(18)2/h3-11H,1-2H3/b15-11+. The summed E-state index contributed by atoms with van der Waals surface area (Å²) in [6, 6.07) is 18.2. The zero-order valence-corrected chi connectivity index (χ0v) is 12.0. The average Bonchev–Trinajstić information content (AvgIpc) is 2.82. The van der Waals surface area contributed by atoms with Gasteiger partial charge in [-0.25, -0.2) is 4.98 Å². The Balaban J connectivity index is 2.15. The Hall–Kier alpha value is -2.86. The lowest BCUT2D eigenvalue weighted by atomic mass is 10.1. The molecule has 3 nitrogen and oxygen atoms in total. The van der Waals surface area contributed by atoms with Crippen LogP contribution in [0.3, 0.4) is 0 Å². The molecule has 3 rings (SSSR count). The van der Waals surface area contributed by atoms with Crippen LogP contribution in [0, 0.1) is 18.3 Å². The topological polar surface area (TPSA) is 41.6 Å². The molecule has 0 aliphatic carbocycles. The van der Waals surface area contributed by atoms with E-state index in [1.54, 1.807) is 0 Å². The van der Waals surface area contributed by atoms with Gasteiger partial charge in [0.15, 0.2) is 5.82 Å². The molecular weight excluding hydrogens is 258 g/mol. The molecule has 3 aromatic rings. The molecule has 3 heteroatoms. The van der Waals surface area contributed by atoms with Crippen molar-refractivity contribution >= 4 is 22.7 Å². The molecule has 0 bridgehead atoms. The molecule has 0 radical (unpaired) electrons. The smallest absolute Gasteiger partial charge is 0.151 e. The number of hydrogen-bond donors (Lipinski definition) is 0. The highest BCUT2D eigenvalue weighted by atomic mass is 15.1. The molecule has 102 valence electrons. The van der Waals surface area contributed by atoms with E-state index in [2.05, 4.69) is 17.1 Å². The maximum Gasteiger partial charge on any atom is 0.151 e. The summed E-state index contributed by atoms with van der Waals surface area (Å²) in [4.78, 5) is 4.57. The Kier molecular flexibility index (Phi) is 3.29. The van der Waals surface area contributed by atoms with Crippen molar-refractivity contribution in [1.82, 2.24) is 9.55 Å². The quantitative estimate of drug-likeness (QED) is 0.663. The Labute approximate surface area is 123 Å². The first kappa shape index (κ1) is 13.1. The summed E-state index contributed by atoms with van der Waals surface area (Å²) >= 11 is 0. The minimum Gasteiger partial charge on any atom is -0.327 e. The van der Waals surface area contributed by atoms with Gasteiger partial charge in [-0.2, -0.15) is 5.26 Å². The molecule has 0 amide bonds. The molecule has 21 heavy (non-hydrogen) atoms. The number of imidazole rings is 1. The summed E-state index contributed by atoms with van der Waals surface area (Å²) in [5.74, 6) is 0.695. The molecule has 0 unspecified atom stereocenters. The van der Waals surface area contributed by atoms with E-state index in [-0.39, 0.29) is 0 Å². The van der Waals surface area contributed by atoms with Gasteiger partial charge < -0.3 is 4.57 Å². The van der Waals surface area contributed by atoms with Crippen LogP contribution in [-0.2, 0) is 7.05 Å². The number of fused-ring (bicyclic) bond motifs is 1. The van der Waals surface area contributed by atoms with Crippen LogP contribution in [0.5, 0.6) is 0 Å².